The smallest absolute Gasteiger partial charge is 0.0642 e. The van der Waals surface area contributed by atoms with Crippen LogP contribution in [0.3, 0.4) is 0 Å². The molecule has 1 aromatic carbocycles. The molecule has 2 aromatic rings. The van der Waals surface area contributed by atoms with Crippen LogP contribution < -0.4 is 10.6 Å². The van der Waals surface area contributed by atoms with Gasteiger partial charge in [-0.2, -0.15) is 11.3 Å². The first kappa shape index (κ1) is 14.4. The second-order valence-corrected chi connectivity index (χ2v) is 6.10. The summed E-state index contributed by atoms with van der Waals surface area (Å²) in [6, 6.07) is 8.30. The molecule has 102 valence electrons. The second-order valence-electron chi connectivity index (χ2n) is 4.92. The van der Waals surface area contributed by atoms with Gasteiger partial charge in [0.1, 0.15) is 0 Å². The normalized spacial score (nSPS) is 12.4. The number of hydrogen-bond acceptors (Lipinski definition) is 3. The lowest BCUT2D eigenvalue weighted by atomic mass is 10.0. The lowest BCUT2D eigenvalue weighted by Crippen LogP contribution is -2.22. The van der Waals surface area contributed by atoms with Crippen LogP contribution in [-0.4, -0.2) is 13.1 Å². The van der Waals surface area contributed by atoms with E-state index in [4.69, 9.17) is 17.3 Å². The van der Waals surface area contributed by atoms with E-state index in [1.54, 1.807) is 11.3 Å². The molecule has 0 aliphatic carbocycles. The first-order chi connectivity index (χ1) is 9.08. The lowest BCUT2D eigenvalue weighted by Gasteiger charge is -2.24. The Morgan fingerprint density at radius 1 is 1.37 bits per heavy atom. The Labute approximate surface area is 123 Å². The molecular weight excluding hydrogens is 276 g/mol. The molecule has 1 unspecified atom stereocenters. The van der Waals surface area contributed by atoms with E-state index in [1.165, 1.54) is 11.1 Å². The molecule has 0 aliphatic heterocycles. The van der Waals surface area contributed by atoms with Crippen molar-refractivity contribution in [1.29, 1.82) is 0 Å². The molecular formula is C15H19ClN2S. The van der Waals surface area contributed by atoms with Crippen molar-refractivity contribution in [2.45, 2.75) is 25.9 Å². The van der Waals surface area contributed by atoms with Gasteiger partial charge in [-0.3, -0.25) is 0 Å². The predicted octanol–water partition coefficient (Wildman–Crippen LogP) is 3.93. The minimum atomic E-state index is 0.131. The minimum absolute atomic E-state index is 0.131. The van der Waals surface area contributed by atoms with Gasteiger partial charge >= 0.3 is 0 Å². The van der Waals surface area contributed by atoms with Gasteiger partial charge in [0.05, 0.1) is 10.7 Å². The highest BCUT2D eigenvalue weighted by Gasteiger charge is 2.13. The van der Waals surface area contributed by atoms with Gasteiger partial charge < -0.3 is 10.6 Å². The summed E-state index contributed by atoms with van der Waals surface area (Å²) < 4.78 is 0. The second kappa shape index (κ2) is 6.42. The van der Waals surface area contributed by atoms with Crippen LogP contribution in [-0.2, 0) is 13.0 Å². The van der Waals surface area contributed by atoms with Gasteiger partial charge in [0, 0.05) is 19.6 Å². The van der Waals surface area contributed by atoms with E-state index >= 15 is 0 Å². The van der Waals surface area contributed by atoms with Crippen molar-refractivity contribution >= 4 is 28.6 Å². The van der Waals surface area contributed by atoms with Crippen LogP contribution in [0.1, 0.15) is 18.1 Å². The summed E-state index contributed by atoms with van der Waals surface area (Å²) in [5.41, 5.74) is 9.52. The van der Waals surface area contributed by atoms with E-state index < -0.39 is 0 Å². The zero-order valence-corrected chi connectivity index (χ0v) is 12.8. The molecule has 0 spiro atoms. The van der Waals surface area contributed by atoms with Crippen molar-refractivity contribution in [1.82, 2.24) is 0 Å². The van der Waals surface area contributed by atoms with Gasteiger partial charge in [0.25, 0.3) is 0 Å². The average Bonchev–Trinajstić information content (AvgIpc) is 2.80. The van der Waals surface area contributed by atoms with Crippen molar-refractivity contribution in [3.05, 3.63) is 51.2 Å². The molecule has 2 nitrogen and oxygen atoms in total. The van der Waals surface area contributed by atoms with Crippen molar-refractivity contribution in [2.24, 2.45) is 5.73 Å². The van der Waals surface area contributed by atoms with Gasteiger partial charge in [-0.1, -0.05) is 23.7 Å². The molecule has 0 aliphatic rings. The van der Waals surface area contributed by atoms with Gasteiger partial charge in [-0.15, -0.1) is 0 Å². The summed E-state index contributed by atoms with van der Waals surface area (Å²) in [6.45, 7) is 2.88. The predicted molar refractivity (Wildman–Crippen MR) is 85.2 cm³/mol. The number of halogens is 1. The summed E-state index contributed by atoms with van der Waals surface area (Å²) in [5, 5.41) is 5.05. The molecule has 19 heavy (non-hydrogen) atoms. The van der Waals surface area contributed by atoms with Gasteiger partial charge in [0.2, 0.25) is 0 Å². The van der Waals surface area contributed by atoms with Crippen molar-refractivity contribution in [2.75, 3.05) is 11.9 Å². The van der Waals surface area contributed by atoms with E-state index in [1.807, 2.05) is 19.1 Å². The summed E-state index contributed by atoms with van der Waals surface area (Å²) in [7, 11) is 2.07. The van der Waals surface area contributed by atoms with E-state index in [9.17, 15) is 0 Å². The standard InChI is InChI=1S/C15H19ClN2S/c1-11(17)8-13-4-3-5-14(16)15(13)18(2)9-12-6-7-19-10-12/h3-7,10-11H,8-9,17H2,1-2H3. The van der Waals surface area contributed by atoms with Crippen LogP contribution in [0.2, 0.25) is 5.02 Å². The fourth-order valence-corrected chi connectivity index (χ4v) is 3.23. The Bertz CT molecular complexity index is 523. The lowest BCUT2D eigenvalue weighted by molar-refractivity contribution is 0.734. The number of thiophene rings is 1. The molecule has 1 heterocycles. The molecule has 1 aromatic heterocycles. The van der Waals surface area contributed by atoms with Crippen LogP contribution in [0.15, 0.2) is 35.0 Å². The number of para-hydroxylation sites is 1. The van der Waals surface area contributed by atoms with E-state index in [-0.39, 0.29) is 6.04 Å². The van der Waals surface area contributed by atoms with Crippen molar-refractivity contribution in [3.8, 4) is 0 Å². The molecule has 0 fully saturated rings. The molecule has 0 radical (unpaired) electrons. The van der Waals surface area contributed by atoms with Gasteiger partial charge in [-0.25, -0.2) is 0 Å². The summed E-state index contributed by atoms with van der Waals surface area (Å²) in [5.74, 6) is 0. The highest BCUT2D eigenvalue weighted by Crippen LogP contribution is 2.31. The molecule has 0 saturated heterocycles. The first-order valence-electron chi connectivity index (χ1n) is 6.33. The quantitative estimate of drug-likeness (QED) is 0.905. The van der Waals surface area contributed by atoms with Crippen LogP contribution in [0.25, 0.3) is 0 Å². The monoisotopic (exact) mass is 294 g/mol. The van der Waals surface area contributed by atoms with Crippen LogP contribution in [0, 0.1) is 0 Å². The molecule has 0 amide bonds. The van der Waals surface area contributed by atoms with Crippen LogP contribution in [0.4, 0.5) is 5.69 Å². The zero-order chi connectivity index (χ0) is 13.8. The number of nitrogens with two attached hydrogens (primary N) is 1. The fraction of sp³-hybridized carbons (Fsp3) is 0.333. The maximum Gasteiger partial charge on any atom is 0.0642 e. The number of rotatable bonds is 5. The SMILES string of the molecule is CC(N)Cc1cccc(Cl)c1N(C)Cc1ccsc1. The average molecular weight is 295 g/mol. The molecule has 2 N–H and O–H groups in total. The van der Waals surface area contributed by atoms with Crippen molar-refractivity contribution < 1.29 is 0 Å². The largest absolute Gasteiger partial charge is 0.369 e. The third kappa shape index (κ3) is 3.72. The summed E-state index contributed by atoms with van der Waals surface area (Å²) in [6.07, 6.45) is 0.837. The molecule has 1 atom stereocenters. The number of hydrogen-bond donors (Lipinski definition) is 1. The number of anilines is 1. The first-order valence-corrected chi connectivity index (χ1v) is 7.65. The van der Waals surface area contributed by atoms with Crippen LogP contribution >= 0.6 is 22.9 Å². The topological polar surface area (TPSA) is 29.3 Å². The Morgan fingerprint density at radius 2 is 2.16 bits per heavy atom. The molecule has 0 bridgehead atoms. The van der Waals surface area contributed by atoms with E-state index in [2.05, 4.69) is 34.8 Å². The van der Waals surface area contributed by atoms with E-state index in [0.29, 0.717) is 0 Å². The molecule has 4 heteroatoms. The minimum Gasteiger partial charge on any atom is -0.369 e. The summed E-state index contributed by atoms with van der Waals surface area (Å²) >= 11 is 8.08. The third-order valence-corrected chi connectivity index (χ3v) is 4.03. The maximum absolute atomic E-state index is 6.37. The highest BCUT2D eigenvalue weighted by atomic mass is 35.5. The third-order valence-electron chi connectivity index (χ3n) is 2.99. The Kier molecular flexibility index (Phi) is 4.86. The van der Waals surface area contributed by atoms with Crippen molar-refractivity contribution in [3.63, 3.8) is 0 Å². The van der Waals surface area contributed by atoms with Crippen LogP contribution in [0.5, 0.6) is 0 Å². The Morgan fingerprint density at radius 3 is 2.79 bits per heavy atom. The van der Waals surface area contributed by atoms with Gasteiger partial charge in [-0.05, 0) is 47.4 Å². The van der Waals surface area contributed by atoms with Gasteiger partial charge in [0.15, 0.2) is 0 Å². The highest BCUT2D eigenvalue weighted by molar-refractivity contribution is 7.07. The zero-order valence-electron chi connectivity index (χ0n) is 11.3. The number of nitrogens with zero attached hydrogens (tertiary/aromatic N) is 1. The summed E-state index contributed by atoms with van der Waals surface area (Å²) in [4.78, 5) is 2.20. The molecule has 0 saturated carbocycles. The fourth-order valence-electron chi connectivity index (χ4n) is 2.23. The van der Waals surface area contributed by atoms with E-state index in [0.717, 1.165) is 23.7 Å². The Hall–Kier alpha value is -1.03. The molecule has 2 rings (SSSR count). The maximum atomic E-state index is 6.37. The Balaban J connectivity index is 2.26. The number of benzene rings is 1.